The van der Waals surface area contributed by atoms with Crippen LogP contribution < -0.4 is 5.32 Å². The number of methoxy groups -OCH3 is 1. The van der Waals surface area contributed by atoms with E-state index in [4.69, 9.17) is 14.3 Å². The van der Waals surface area contributed by atoms with E-state index in [-0.39, 0.29) is 23.9 Å². The predicted octanol–water partition coefficient (Wildman–Crippen LogP) is 2.72. The van der Waals surface area contributed by atoms with Gasteiger partial charge in [0.1, 0.15) is 11.5 Å². The molecule has 0 aliphatic carbocycles. The van der Waals surface area contributed by atoms with Crippen molar-refractivity contribution in [2.45, 2.75) is 25.8 Å². The number of hydrogen-bond acceptors (Lipinski definition) is 4. The van der Waals surface area contributed by atoms with Crippen molar-refractivity contribution in [1.82, 2.24) is 5.32 Å². The Morgan fingerprint density at radius 3 is 2.71 bits per heavy atom. The van der Waals surface area contributed by atoms with Crippen LogP contribution in [0.3, 0.4) is 0 Å². The number of amides is 1. The van der Waals surface area contributed by atoms with Crippen molar-refractivity contribution < 1.29 is 23.8 Å². The Hall–Kier alpha value is -2.60. The van der Waals surface area contributed by atoms with Crippen LogP contribution in [0.2, 0.25) is 0 Å². The third-order valence-electron chi connectivity index (χ3n) is 3.59. The molecule has 24 heavy (non-hydrogen) atoms. The monoisotopic (exact) mass is 331 g/mol. The summed E-state index contributed by atoms with van der Waals surface area (Å²) in [5.74, 6) is 0.238. The van der Waals surface area contributed by atoms with Gasteiger partial charge in [-0.3, -0.25) is 4.79 Å². The van der Waals surface area contributed by atoms with Crippen LogP contribution in [-0.4, -0.2) is 30.7 Å². The zero-order valence-corrected chi connectivity index (χ0v) is 13.7. The van der Waals surface area contributed by atoms with Gasteiger partial charge in [0.25, 0.3) is 0 Å². The molecule has 1 heterocycles. The summed E-state index contributed by atoms with van der Waals surface area (Å²) in [4.78, 5) is 23.3. The summed E-state index contributed by atoms with van der Waals surface area (Å²) in [6.07, 6.45) is 0.689. The third kappa shape index (κ3) is 4.96. The summed E-state index contributed by atoms with van der Waals surface area (Å²) in [6, 6.07) is 9.75. The predicted molar refractivity (Wildman–Crippen MR) is 87.9 cm³/mol. The molecule has 128 valence electrons. The number of aryl methyl sites for hydroxylation is 1. The number of carbonyl (C=O) groups is 2. The van der Waals surface area contributed by atoms with Crippen molar-refractivity contribution in [3.63, 3.8) is 0 Å². The zero-order chi connectivity index (χ0) is 17.5. The van der Waals surface area contributed by atoms with Gasteiger partial charge in [0.2, 0.25) is 5.91 Å². The molecule has 0 fully saturated rings. The maximum Gasteiger partial charge on any atom is 0.335 e. The van der Waals surface area contributed by atoms with E-state index in [0.717, 1.165) is 5.76 Å². The normalized spacial score (nSPS) is 11.9. The summed E-state index contributed by atoms with van der Waals surface area (Å²) in [5, 5.41) is 11.9. The van der Waals surface area contributed by atoms with Gasteiger partial charge in [0.15, 0.2) is 0 Å². The van der Waals surface area contributed by atoms with Crippen LogP contribution in [0, 0.1) is 6.92 Å². The van der Waals surface area contributed by atoms with Crippen LogP contribution in [0.1, 0.15) is 39.9 Å². The maximum absolute atomic E-state index is 12.3. The van der Waals surface area contributed by atoms with Crippen molar-refractivity contribution >= 4 is 11.9 Å². The lowest BCUT2D eigenvalue weighted by Gasteiger charge is -2.16. The van der Waals surface area contributed by atoms with E-state index < -0.39 is 5.97 Å². The number of carboxylic acids is 1. The van der Waals surface area contributed by atoms with Gasteiger partial charge in [-0.2, -0.15) is 0 Å². The van der Waals surface area contributed by atoms with E-state index in [9.17, 15) is 9.59 Å². The summed E-state index contributed by atoms with van der Waals surface area (Å²) in [5.41, 5.74) is 0.811. The van der Waals surface area contributed by atoms with Crippen LogP contribution in [-0.2, 0) is 16.0 Å². The van der Waals surface area contributed by atoms with Crippen LogP contribution in [0.15, 0.2) is 40.8 Å². The fourth-order valence-electron chi connectivity index (χ4n) is 2.41. The van der Waals surface area contributed by atoms with Gasteiger partial charge in [0, 0.05) is 13.7 Å². The topological polar surface area (TPSA) is 88.8 Å². The highest BCUT2D eigenvalue weighted by molar-refractivity contribution is 5.88. The highest BCUT2D eigenvalue weighted by Crippen LogP contribution is 2.20. The first-order valence-electron chi connectivity index (χ1n) is 7.66. The minimum absolute atomic E-state index is 0.101. The van der Waals surface area contributed by atoms with Crippen LogP contribution in [0.25, 0.3) is 0 Å². The van der Waals surface area contributed by atoms with E-state index >= 15 is 0 Å². The molecule has 0 radical (unpaired) electrons. The molecular formula is C18H21NO5. The van der Waals surface area contributed by atoms with Crippen LogP contribution in [0.5, 0.6) is 0 Å². The van der Waals surface area contributed by atoms with E-state index in [1.165, 1.54) is 12.1 Å². The molecule has 0 saturated carbocycles. The average molecular weight is 331 g/mol. The minimum Gasteiger partial charge on any atom is -0.478 e. The van der Waals surface area contributed by atoms with E-state index in [0.29, 0.717) is 24.4 Å². The molecule has 0 spiro atoms. The second kappa shape index (κ2) is 8.31. The third-order valence-corrected chi connectivity index (χ3v) is 3.59. The first-order chi connectivity index (χ1) is 11.5. The lowest BCUT2D eigenvalue weighted by Crippen LogP contribution is -2.30. The fraction of sp³-hybridized carbons (Fsp3) is 0.333. The van der Waals surface area contributed by atoms with Crippen molar-refractivity contribution in [3.05, 3.63) is 59.0 Å². The molecule has 0 saturated heterocycles. The average Bonchev–Trinajstić information content (AvgIpc) is 2.98. The van der Waals surface area contributed by atoms with E-state index in [1.54, 1.807) is 19.2 Å². The van der Waals surface area contributed by atoms with Crippen molar-refractivity contribution in [1.29, 1.82) is 0 Å². The molecule has 0 bridgehead atoms. The number of carbonyl (C=O) groups excluding carboxylic acids is 1. The molecule has 1 amide bonds. The van der Waals surface area contributed by atoms with E-state index in [1.807, 2.05) is 19.1 Å². The van der Waals surface area contributed by atoms with Gasteiger partial charge in [-0.25, -0.2) is 4.79 Å². The highest BCUT2D eigenvalue weighted by Gasteiger charge is 2.18. The second-order valence-corrected chi connectivity index (χ2v) is 5.53. The van der Waals surface area contributed by atoms with E-state index in [2.05, 4.69) is 5.32 Å². The van der Waals surface area contributed by atoms with Gasteiger partial charge in [-0.05, 0) is 43.2 Å². The van der Waals surface area contributed by atoms with Crippen molar-refractivity contribution in [2.24, 2.45) is 0 Å². The SMILES string of the molecule is COCCC(NC(=O)Cc1cccc(C(=O)O)c1)c1ccc(C)o1. The summed E-state index contributed by atoms with van der Waals surface area (Å²) < 4.78 is 10.7. The standard InChI is InChI=1S/C18H21NO5/c1-12-6-7-16(24-12)15(8-9-23-2)19-17(20)11-13-4-3-5-14(10-13)18(21)22/h3-7,10,15H,8-9,11H2,1-2H3,(H,19,20)(H,21,22). The van der Waals surface area contributed by atoms with Gasteiger partial charge in [-0.15, -0.1) is 0 Å². The van der Waals surface area contributed by atoms with Gasteiger partial charge in [-0.1, -0.05) is 12.1 Å². The number of furan rings is 1. The Kier molecular flexibility index (Phi) is 6.14. The first kappa shape index (κ1) is 17.7. The summed E-state index contributed by atoms with van der Waals surface area (Å²) in [6.45, 7) is 2.33. The zero-order valence-electron chi connectivity index (χ0n) is 13.7. The largest absolute Gasteiger partial charge is 0.478 e. The van der Waals surface area contributed by atoms with Crippen LogP contribution in [0.4, 0.5) is 0 Å². The number of aromatic carboxylic acids is 1. The van der Waals surface area contributed by atoms with Crippen LogP contribution >= 0.6 is 0 Å². The Labute approximate surface area is 140 Å². The second-order valence-electron chi connectivity index (χ2n) is 5.53. The molecule has 0 aliphatic rings. The lowest BCUT2D eigenvalue weighted by molar-refractivity contribution is -0.121. The Morgan fingerprint density at radius 1 is 1.29 bits per heavy atom. The summed E-state index contributed by atoms with van der Waals surface area (Å²) in [7, 11) is 1.60. The smallest absolute Gasteiger partial charge is 0.335 e. The molecule has 0 aliphatic heterocycles. The quantitative estimate of drug-likeness (QED) is 0.776. The molecular weight excluding hydrogens is 310 g/mol. The van der Waals surface area contributed by atoms with Crippen molar-refractivity contribution in [2.75, 3.05) is 13.7 Å². The number of rotatable bonds is 8. The number of carboxylic acid groups (broad SMARTS) is 1. The molecule has 1 aromatic carbocycles. The molecule has 2 N–H and O–H groups in total. The molecule has 2 rings (SSSR count). The fourth-order valence-corrected chi connectivity index (χ4v) is 2.41. The number of ether oxygens (including phenoxy) is 1. The Bertz CT molecular complexity index is 707. The molecule has 1 atom stereocenters. The molecule has 1 unspecified atom stereocenters. The molecule has 6 heteroatoms. The lowest BCUT2D eigenvalue weighted by atomic mass is 10.1. The molecule has 6 nitrogen and oxygen atoms in total. The minimum atomic E-state index is -1.01. The first-order valence-corrected chi connectivity index (χ1v) is 7.66. The van der Waals surface area contributed by atoms with Gasteiger partial charge in [0.05, 0.1) is 18.0 Å². The number of hydrogen-bond donors (Lipinski definition) is 2. The Morgan fingerprint density at radius 2 is 2.08 bits per heavy atom. The van der Waals surface area contributed by atoms with Gasteiger partial charge >= 0.3 is 5.97 Å². The number of benzene rings is 1. The van der Waals surface area contributed by atoms with Gasteiger partial charge < -0.3 is 19.6 Å². The highest BCUT2D eigenvalue weighted by atomic mass is 16.5. The van der Waals surface area contributed by atoms with Crippen molar-refractivity contribution in [3.8, 4) is 0 Å². The summed E-state index contributed by atoms with van der Waals surface area (Å²) >= 11 is 0. The molecule has 2 aromatic rings. The maximum atomic E-state index is 12.3. The Balaban J connectivity index is 2.04. The number of nitrogens with one attached hydrogen (secondary N) is 1. The molecule has 1 aromatic heterocycles.